The van der Waals surface area contributed by atoms with Crippen LogP contribution < -0.4 is 5.32 Å². The first-order valence-corrected chi connectivity index (χ1v) is 5.92. The van der Waals surface area contributed by atoms with Crippen molar-refractivity contribution in [3.8, 4) is 0 Å². The van der Waals surface area contributed by atoms with Crippen LogP contribution in [0.5, 0.6) is 0 Å². The van der Waals surface area contributed by atoms with Gasteiger partial charge >= 0.3 is 0 Å². The maximum absolute atomic E-state index is 5.59. The highest BCUT2D eigenvalue weighted by Gasteiger charge is 2.46. The Morgan fingerprint density at radius 2 is 2.36 bits per heavy atom. The van der Waals surface area contributed by atoms with E-state index >= 15 is 0 Å². The molecule has 2 fully saturated rings. The van der Waals surface area contributed by atoms with Crippen molar-refractivity contribution >= 4 is 11.6 Å². The minimum Gasteiger partial charge on any atom is -0.314 e. The molecule has 2 aliphatic rings. The number of halogens is 1. The number of hydrogen-bond donors (Lipinski definition) is 1. The number of piperazine rings is 1. The van der Waals surface area contributed by atoms with Crippen LogP contribution >= 0.6 is 11.6 Å². The van der Waals surface area contributed by atoms with Gasteiger partial charge in [0.1, 0.15) is 0 Å². The van der Waals surface area contributed by atoms with Crippen molar-refractivity contribution in [2.24, 2.45) is 5.92 Å². The van der Waals surface area contributed by atoms with Crippen molar-refractivity contribution in [1.29, 1.82) is 0 Å². The molecule has 80 valence electrons. The average molecular weight is 215 g/mol. The predicted octanol–water partition coefficient (Wildman–Crippen LogP) is 1.81. The van der Waals surface area contributed by atoms with E-state index in [4.69, 9.17) is 11.6 Å². The fourth-order valence-corrected chi connectivity index (χ4v) is 2.58. The average Bonchev–Trinajstić information content (AvgIpc) is 3.00. The molecule has 1 heterocycles. The van der Waals surface area contributed by atoms with Crippen LogP contribution in [0.1, 0.15) is 19.8 Å². The lowest BCUT2D eigenvalue weighted by atomic mass is 9.91. The monoisotopic (exact) mass is 214 g/mol. The standard InChI is InChI=1S/C11H19ClN2/c1-11(10-3-4-10)9-13-6-8-14(11)7-2-5-12/h2,5,10,13H,3-4,6-9H2,1H3/b5-2+. The summed E-state index contributed by atoms with van der Waals surface area (Å²) in [6.45, 7) is 6.78. The third-order valence-corrected chi connectivity index (χ3v) is 3.81. The highest BCUT2D eigenvalue weighted by molar-refractivity contribution is 6.25. The van der Waals surface area contributed by atoms with Crippen molar-refractivity contribution in [3.63, 3.8) is 0 Å². The van der Waals surface area contributed by atoms with Gasteiger partial charge < -0.3 is 5.32 Å². The van der Waals surface area contributed by atoms with E-state index < -0.39 is 0 Å². The SMILES string of the molecule is CC1(C2CC2)CNCCN1C/C=C/Cl. The highest BCUT2D eigenvalue weighted by Crippen LogP contribution is 2.43. The molecule has 1 N–H and O–H groups in total. The first kappa shape index (κ1) is 10.5. The largest absolute Gasteiger partial charge is 0.314 e. The summed E-state index contributed by atoms with van der Waals surface area (Å²) in [5.41, 5.74) is 2.00. The second kappa shape index (κ2) is 4.21. The minimum atomic E-state index is 0.370. The summed E-state index contributed by atoms with van der Waals surface area (Å²) < 4.78 is 0. The van der Waals surface area contributed by atoms with Gasteiger partial charge in [-0.15, -0.1) is 0 Å². The Morgan fingerprint density at radius 3 is 3.00 bits per heavy atom. The minimum absolute atomic E-state index is 0.370. The third kappa shape index (κ3) is 1.97. The molecule has 2 nitrogen and oxygen atoms in total. The molecule has 0 aromatic rings. The van der Waals surface area contributed by atoms with Gasteiger partial charge in [0.05, 0.1) is 0 Å². The molecule has 1 aliphatic carbocycles. The molecule has 0 aromatic carbocycles. The van der Waals surface area contributed by atoms with Crippen molar-refractivity contribution < 1.29 is 0 Å². The van der Waals surface area contributed by atoms with Gasteiger partial charge in [-0.3, -0.25) is 4.90 Å². The van der Waals surface area contributed by atoms with Crippen molar-refractivity contribution in [2.45, 2.75) is 25.3 Å². The van der Waals surface area contributed by atoms with Gasteiger partial charge in [0, 0.05) is 37.3 Å². The van der Waals surface area contributed by atoms with E-state index in [9.17, 15) is 0 Å². The lowest BCUT2D eigenvalue weighted by Crippen LogP contribution is -2.60. The zero-order chi connectivity index (χ0) is 10.0. The van der Waals surface area contributed by atoms with Crippen LogP contribution in [0.15, 0.2) is 11.6 Å². The highest BCUT2D eigenvalue weighted by atomic mass is 35.5. The molecule has 2 rings (SSSR count). The van der Waals surface area contributed by atoms with Gasteiger partial charge in [0.15, 0.2) is 0 Å². The molecule has 0 amide bonds. The van der Waals surface area contributed by atoms with E-state index in [1.807, 2.05) is 6.08 Å². The lowest BCUT2D eigenvalue weighted by Gasteiger charge is -2.45. The first-order valence-electron chi connectivity index (χ1n) is 5.48. The molecule has 1 unspecified atom stereocenters. The molecule has 14 heavy (non-hydrogen) atoms. The summed E-state index contributed by atoms with van der Waals surface area (Å²) >= 11 is 5.59. The van der Waals surface area contributed by atoms with E-state index in [0.717, 1.165) is 32.1 Å². The summed E-state index contributed by atoms with van der Waals surface area (Å²) in [6, 6.07) is 0. The zero-order valence-electron chi connectivity index (χ0n) is 8.80. The van der Waals surface area contributed by atoms with Crippen LogP contribution in [0, 0.1) is 5.92 Å². The lowest BCUT2D eigenvalue weighted by molar-refractivity contribution is 0.0680. The molecule has 1 saturated carbocycles. The number of nitrogens with zero attached hydrogens (tertiary/aromatic N) is 1. The molecule has 0 bridgehead atoms. The fraction of sp³-hybridized carbons (Fsp3) is 0.818. The van der Waals surface area contributed by atoms with Crippen LogP contribution in [0.25, 0.3) is 0 Å². The Kier molecular flexibility index (Phi) is 3.15. The van der Waals surface area contributed by atoms with Gasteiger partial charge in [-0.25, -0.2) is 0 Å². The summed E-state index contributed by atoms with van der Waals surface area (Å²) in [4.78, 5) is 2.57. The predicted molar refractivity (Wildman–Crippen MR) is 60.6 cm³/mol. The molecular weight excluding hydrogens is 196 g/mol. The summed E-state index contributed by atoms with van der Waals surface area (Å²) in [7, 11) is 0. The number of hydrogen-bond acceptors (Lipinski definition) is 2. The maximum atomic E-state index is 5.59. The van der Waals surface area contributed by atoms with E-state index in [2.05, 4.69) is 17.1 Å². The van der Waals surface area contributed by atoms with Crippen molar-refractivity contribution in [1.82, 2.24) is 10.2 Å². The Bertz CT molecular complexity index is 225. The number of nitrogens with one attached hydrogen (secondary N) is 1. The summed E-state index contributed by atoms with van der Waals surface area (Å²) in [5.74, 6) is 0.902. The van der Waals surface area contributed by atoms with Gasteiger partial charge in [-0.1, -0.05) is 17.7 Å². The third-order valence-electron chi connectivity index (χ3n) is 3.64. The normalized spacial score (nSPS) is 35.3. The zero-order valence-corrected chi connectivity index (χ0v) is 9.56. The van der Waals surface area contributed by atoms with Gasteiger partial charge in [-0.05, 0) is 25.7 Å². The second-order valence-corrected chi connectivity index (χ2v) is 4.87. The molecule has 1 saturated heterocycles. The van der Waals surface area contributed by atoms with Crippen LogP contribution in [0.2, 0.25) is 0 Å². The van der Waals surface area contributed by atoms with E-state index in [-0.39, 0.29) is 0 Å². The van der Waals surface area contributed by atoms with Crippen molar-refractivity contribution in [3.05, 3.63) is 11.6 Å². The van der Waals surface area contributed by atoms with Gasteiger partial charge in [-0.2, -0.15) is 0 Å². The maximum Gasteiger partial charge on any atom is 0.0337 e. The summed E-state index contributed by atoms with van der Waals surface area (Å²) in [6.07, 6.45) is 4.85. The van der Waals surface area contributed by atoms with E-state index in [0.29, 0.717) is 5.54 Å². The molecule has 1 atom stereocenters. The molecule has 1 aliphatic heterocycles. The van der Waals surface area contributed by atoms with Crippen LogP contribution in [0.4, 0.5) is 0 Å². The van der Waals surface area contributed by atoms with Crippen LogP contribution in [-0.4, -0.2) is 36.6 Å². The van der Waals surface area contributed by atoms with Crippen LogP contribution in [0.3, 0.4) is 0 Å². The van der Waals surface area contributed by atoms with Crippen molar-refractivity contribution in [2.75, 3.05) is 26.2 Å². The first-order chi connectivity index (χ1) is 6.77. The van der Waals surface area contributed by atoms with Gasteiger partial charge in [0.2, 0.25) is 0 Å². The Labute approximate surface area is 91.3 Å². The van der Waals surface area contributed by atoms with E-state index in [1.54, 1.807) is 5.54 Å². The molecule has 0 radical (unpaired) electrons. The Balaban J connectivity index is 2.02. The summed E-state index contributed by atoms with van der Waals surface area (Å²) in [5, 5.41) is 3.50. The molecular formula is C11H19ClN2. The molecule has 0 spiro atoms. The quantitative estimate of drug-likeness (QED) is 0.771. The fourth-order valence-electron chi connectivity index (χ4n) is 2.50. The smallest absolute Gasteiger partial charge is 0.0337 e. The molecule has 3 heteroatoms. The Morgan fingerprint density at radius 1 is 1.57 bits per heavy atom. The number of rotatable bonds is 3. The van der Waals surface area contributed by atoms with E-state index in [1.165, 1.54) is 12.8 Å². The van der Waals surface area contributed by atoms with Gasteiger partial charge in [0.25, 0.3) is 0 Å². The van der Waals surface area contributed by atoms with Crippen LogP contribution in [-0.2, 0) is 0 Å². The Hall–Kier alpha value is -0.0500. The second-order valence-electron chi connectivity index (χ2n) is 4.62. The molecule has 0 aromatic heterocycles. The topological polar surface area (TPSA) is 15.3 Å².